The van der Waals surface area contributed by atoms with Gasteiger partial charge in [-0.25, -0.2) is 17.2 Å². The first kappa shape index (κ1) is 21.4. The minimum absolute atomic E-state index is 0.0720. The van der Waals surface area contributed by atoms with E-state index in [-0.39, 0.29) is 24.1 Å². The molecule has 7 nitrogen and oxygen atoms in total. The van der Waals surface area contributed by atoms with E-state index in [1.165, 1.54) is 24.3 Å². The fourth-order valence-electron chi connectivity index (χ4n) is 3.21. The summed E-state index contributed by atoms with van der Waals surface area (Å²) in [6, 6.07) is 7.65. The van der Waals surface area contributed by atoms with E-state index in [9.17, 15) is 22.0 Å². The Morgan fingerprint density at radius 1 is 1.14 bits per heavy atom. The van der Waals surface area contributed by atoms with Crippen LogP contribution in [0.2, 0.25) is 0 Å². The Hall–Kier alpha value is -2.34. The molecule has 29 heavy (non-hydrogen) atoms. The van der Waals surface area contributed by atoms with Crippen LogP contribution in [-0.2, 0) is 10.0 Å². The standard InChI is InChI=1S/C18H19BF2N2O5S/c20-15-5-1-2-6-17(15)29(27,28)23-9-3-4-13(11-23)22-18(24)14-8-7-12(19(25)26)10-16(14)21/h1-2,5-8,10,13,25-26H,3-4,9,11H2,(H,22,24). The van der Waals surface area contributed by atoms with Gasteiger partial charge in [-0.2, -0.15) is 4.31 Å². The normalized spacial score (nSPS) is 17.7. The molecule has 2 aromatic carbocycles. The molecule has 154 valence electrons. The van der Waals surface area contributed by atoms with Gasteiger partial charge in [0.15, 0.2) is 0 Å². The highest BCUT2D eigenvalue weighted by molar-refractivity contribution is 7.89. The molecule has 2 aromatic rings. The van der Waals surface area contributed by atoms with Crippen molar-refractivity contribution < 1.29 is 32.0 Å². The van der Waals surface area contributed by atoms with Gasteiger partial charge in [0.05, 0.1) is 5.56 Å². The van der Waals surface area contributed by atoms with Gasteiger partial charge in [-0.05, 0) is 42.6 Å². The van der Waals surface area contributed by atoms with Crippen LogP contribution in [0.1, 0.15) is 23.2 Å². The highest BCUT2D eigenvalue weighted by Gasteiger charge is 2.33. The van der Waals surface area contributed by atoms with Gasteiger partial charge in [0.1, 0.15) is 16.5 Å². The number of sulfonamides is 1. The van der Waals surface area contributed by atoms with Crippen molar-refractivity contribution in [3.63, 3.8) is 0 Å². The maximum Gasteiger partial charge on any atom is 0.488 e. The Morgan fingerprint density at radius 3 is 2.52 bits per heavy atom. The number of nitrogens with one attached hydrogen (secondary N) is 1. The van der Waals surface area contributed by atoms with Crippen LogP contribution in [0.15, 0.2) is 47.4 Å². The molecule has 3 N–H and O–H groups in total. The van der Waals surface area contributed by atoms with Gasteiger partial charge in [0.25, 0.3) is 5.91 Å². The molecule has 1 amide bonds. The summed E-state index contributed by atoms with van der Waals surface area (Å²) in [5, 5.41) is 20.7. The van der Waals surface area contributed by atoms with Gasteiger partial charge in [0, 0.05) is 19.1 Å². The summed E-state index contributed by atoms with van der Waals surface area (Å²) in [6.07, 6.45) is 0.918. The number of rotatable bonds is 5. The van der Waals surface area contributed by atoms with Crippen molar-refractivity contribution in [1.82, 2.24) is 9.62 Å². The number of carbonyl (C=O) groups excluding carboxylic acids is 1. The highest BCUT2D eigenvalue weighted by Crippen LogP contribution is 2.23. The summed E-state index contributed by atoms with van der Waals surface area (Å²) in [7, 11) is -5.94. The zero-order chi connectivity index (χ0) is 21.2. The quantitative estimate of drug-likeness (QED) is 0.596. The molecule has 1 unspecified atom stereocenters. The van der Waals surface area contributed by atoms with Gasteiger partial charge >= 0.3 is 7.12 Å². The fourth-order valence-corrected chi connectivity index (χ4v) is 4.80. The summed E-state index contributed by atoms with van der Waals surface area (Å²) in [5.74, 6) is -2.54. The Kier molecular flexibility index (Phi) is 6.32. The second kappa shape index (κ2) is 8.58. The molecular formula is C18H19BF2N2O5S. The molecule has 0 bridgehead atoms. The number of halogens is 2. The number of nitrogens with zero attached hydrogens (tertiary/aromatic N) is 1. The first-order valence-electron chi connectivity index (χ1n) is 8.91. The molecule has 0 spiro atoms. The second-order valence-corrected chi connectivity index (χ2v) is 8.63. The second-order valence-electron chi connectivity index (χ2n) is 6.72. The molecule has 0 aromatic heterocycles. The van der Waals surface area contributed by atoms with Gasteiger partial charge in [-0.3, -0.25) is 4.79 Å². The Balaban J connectivity index is 1.73. The van der Waals surface area contributed by atoms with Gasteiger partial charge in [-0.15, -0.1) is 0 Å². The van der Waals surface area contributed by atoms with E-state index in [0.717, 1.165) is 22.5 Å². The number of amides is 1. The van der Waals surface area contributed by atoms with Crippen molar-refractivity contribution in [1.29, 1.82) is 0 Å². The molecule has 0 radical (unpaired) electrons. The fraction of sp³-hybridized carbons (Fsp3) is 0.278. The third-order valence-electron chi connectivity index (χ3n) is 4.71. The van der Waals surface area contributed by atoms with Crippen molar-refractivity contribution in [3.05, 3.63) is 59.7 Å². The van der Waals surface area contributed by atoms with Crippen molar-refractivity contribution in [2.24, 2.45) is 0 Å². The SMILES string of the molecule is O=C(NC1CCCN(S(=O)(=O)c2ccccc2F)C1)c1ccc(B(O)O)cc1F. The third-order valence-corrected chi connectivity index (χ3v) is 6.61. The topological polar surface area (TPSA) is 107 Å². The maximum atomic E-state index is 14.1. The number of hydrogen-bond donors (Lipinski definition) is 3. The summed E-state index contributed by atoms with van der Waals surface area (Å²) in [5.41, 5.74) is -0.401. The molecule has 1 atom stereocenters. The molecule has 0 saturated carbocycles. The van der Waals surface area contributed by atoms with Crippen LogP contribution in [0.25, 0.3) is 0 Å². The van der Waals surface area contributed by atoms with Crippen LogP contribution in [0.5, 0.6) is 0 Å². The van der Waals surface area contributed by atoms with E-state index in [4.69, 9.17) is 10.0 Å². The van der Waals surface area contributed by atoms with Crippen molar-refractivity contribution >= 4 is 28.5 Å². The number of carbonyl (C=O) groups is 1. The summed E-state index contributed by atoms with van der Waals surface area (Å²) < 4.78 is 54.6. The van der Waals surface area contributed by atoms with Crippen LogP contribution < -0.4 is 10.8 Å². The first-order valence-corrected chi connectivity index (χ1v) is 10.4. The lowest BCUT2D eigenvalue weighted by Gasteiger charge is -2.32. The number of benzene rings is 2. The predicted molar refractivity (Wildman–Crippen MR) is 102 cm³/mol. The zero-order valence-corrected chi connectivity index (χ0v) is 16.1. The summed E-state index contributed by atoms with van der Waals surface area (Å²) in [4.78, 5) is 12.0. The lowest BCUT2D eigenvalue weighted by molar-refractivity contribution is 0.0917. The monoisotopic (exact) mass is 424 g/mol. The minimum Gasteiger partial charge on any atom is -0.423 e. The smallest absolute Gasteiger partial charge is 0.423 e. The summed E-state index contributed by atoms with van der Waals surface area (Å²) >= 11 is 0. The van der Waals surface area contributed by atoms with Gasteiger partial charge in [0.2, 0.25) is 10.0 Å². The molecular weight excluding hydrogens is 405 g/mol. The van der Waals surface area contributed by atoms with Crippen LogP contribution in [0.4, 0.5) is 8.78 Å². The Labute approximate surface area is 167 Å². The average molecular weight is 424 g/mol. The van der Waals surface area contributed by atoms with Crippen LogP contribution in [0.3, 0.4) is 0 Å². The van der Waals surface area contributed by atoms with Crippen molar-refractivity contribution in [2.75, 3.05) is 13.1 Å². The summed E-state index contributed by atoms with van der Waals surface area (Å²) in [6.45, 7) is 0.109. The minimum atomic E-state index is -4.07. The van der Waals surface area contributed by atoms with E-state index in [0.29, 0.717) is 12.8 Å². The van der Waals surface area contributed by atoms with Crippen molar-refractivity contribution in [2.45, 2.75) is 23.8 Å². The molecule has 1 fully saturated rings. The molecule has 3 rings (SSSR count). The Morgan fingerprint density at radius 2 is 1.86 bits per heavy atom. The van der Waals surface area contributed by atoms with Crippen LogP contribution in [-0.4, -0.2) is 54.9 Å². The molecule has 0 aliphatic carbocycles. The van der Waals surface area contributed by atoms with Crippen LogP contribution >= 0.6 is 0 Å². The van der Waals surface area contributed by atoms with E-state index in [1.54, 1.807) is 0 Å². The van der Waals surface area contributed by atoms with Gasteiger partial charge < -0.3 is 15.4 Å². The number of hydrogen-bond acceptors (Lipinski definition) is 5. The third kappa shape index (κ3) is 4.64. The molecule has 1 aliphatic heterocycles. The average Bonchev–Trinajstić information content (AvgIpc) is 2.68. The lowest BCUT2D eigenvalue weighted by Crippen LogP contribution is -2.49. The van der Waals surface area contributed by atoms with E-state index >= 15 is 0 Å². The molecule has 1 aliphatic rings. The Bertz CT molecular complexity index is 1020. The molecule has 1 saturated heterocycles. The van der Waals surface area contributed by atoms with Crippen LogP contribution in [0, 0.1) is 11.6 Å². The predicted octanol–water partition coefficient (Wildman–Crippen LogP) is 0.228. The highest BCUT2D eigenvalue weighted by atomic mass is 32.2. The molecule has 11 heteroatoms. The van der Waals surface area contributed by atoms with E-state index < -0.39 is 45.6 Å². The van der Waals surface area contributed by atoms with Crippen molar-refractivity contribution in [3.8, 4) is 0 Å². The largest absolute Gasteiger partial charge is 0.488 e. The maximum absolute atomic E-state index is 14.1. The first-order chi connectivity index (χ1) is 13.7. The molecule has 1 heterocycles. The van der Waals surface area contributed by atoms with E-state index in [2.05, 4.69) is 5.32 Å². The lowest BCUT2D eigenvalue weighted by atomic mass is 9.80. The van der Waals surface area contributed by atoms with Gasteiger partial charge in [-0.1, -0.05) is 18.2 Å². The zero-order valence-electron chi connectivity index (χ0n) is 15.3. The van der Waals surface area contributed by atoms with E-state index in [1.807, 2.05) is 0 Å². The number of piperidine rings is 1.